The van der Waals surface area contributed by atoms with E-state index in [-0.39, 0.29) is 16.8 Å². The fraction of sp³-hybridized carbons (Fsp3) is 0.312. The minimum Gasteiger partial charge on any atom is -0.450 e. The Morgan fingerprint density at radius 1 is 1.27 bits per heavy atom. The van der Waals surface area contributed by atoms with Gasteiger partial charge in [0, 0.05) is 17.6 Å². The molecule has 0 fully saturated rings. The molecule has 0 saturated carbocycles. The van der Waals surface area contributed by atoms with Gasteiger partial charge in [-0.3, -0.25) is 0 Å². The highest BCUT2D eigenvalue weighted by molar-refractivity contribution is 9.10. The number of amides is 1. The second-order valence-electron chi connectivity index (χ2n) is 5.39. The Kier molecular flexibility index (Phi) is 7.73. The van der Waals surface area contributed by atoms with Crippen LogP contribution in [-0.2, 0) is 11.3 Å². The van der Waals surface area contributed by atoms with Crippen LogP contribution in [0.2, 0.25) is 5.28 Å². The van der Waals surface area contributed by atoms with E-state index in [2.05, 4.69) is 36.5 Å². The van der Waals surface area contributed by atoms with E-state index in [0.717, 1.165) is 16.5 Å². The number of benzene rings is 1. The first kappa shape index (κ1) is 20.1. The largest absolute Gasteiger partial charge is 0.450 e. The van der Waals surface area contributed by atoms with Crippen molar-refractivity contribution in [3.63, 3.8) is 0 Å². The molecule has 1 aromatic carbocycles. The molecule has 0 saturated heterocycles. The number of ether oxygens (including phenoxy) is 1. The molecule has 0 bridgehead atoms. The molecule has 1 amide bonds. The number of alkyl carbamates (subject to hydrolysis) is 1. The van der Waals surface area contributed by atoms with Crippen molar-refractivity contribution in [3.05, 3.63) is 39.6 Å². The molecule has 2 rings (SSSR count). The summed E-state index contributed by atoms with van der Waals surface area (Å²) in [4.78, 5) is 19.4. The molecule has 140 valence electrons. The van der Waals surface area contributed by atoms with E-state index in [9.17, 15) is 4.79 Å². The molecule has 0 radical (unpaired) electrons. The number of unbranched alkanes of at least 4 members (excludes halogenated alkanes) is 1. The summed E-state index contributed by atoms with van der Waals surface area (Å²) in [5.41, 5.74) is 12.6. The van der Waals surface area contributed by atoms with Gasteiger partial charge in [0.25, 0.3) is 0 Å². The Morgan fingerprint density at radius 2 is 2.08 bits per heavy atom. The van der Waals surface area contributed by atoms with Crippen molar-refractivity contribution in [2.75, 3.05) is 29.9 Å². The predicted molar refractivity (Wildman–Crippen MR) is 106 cm³/mol. The highest BCUT2D eigenvalue weighted by Gasteiger charge is 2.08. The van der Waals surface area contributed by atoms with E-state index < -0.39 is 6.09 Å². The molecular formula is C16H20BrClN6O2. The van der Waals surface area contributed by atoms with Gasteiger partial charge in [-0.25, -0.2) is 4.79 Å². The second kappa shape index (κ2) is 10.0. The van der Waals surface area contributed by atoms with Crippen LogP contribution in [0.25, 0.3) is 0 Å². The minimum absolute atomic E-state index is 0.0321. The molecular weight excluding hydrogens is 424 g/mol. The highest BCUT2D eigenvalue weighted by Crippen LogP contribution is 2.22. The van der Waals surface area contributed by atoms with Gasteiger partial charge in [-0.15, -0.1) is 0 Å². The number of nitrogens with two attached hydrogens (primary N) is 2. The maximum atomic E-state index is 11.7. The zero-order valence-corrected chi connectivity index (χ0v) is 16.3. The highest BCUT2D eigenvalue weighted by atomic mass is 79.9. The molecule has 10 heteroatoms. The number of rotatable bonds is 8. The number of aromatic nitrogens is 2. The number of nitrogen functional groups attached to an aromatic ring is 2. The number of hydrogen-bond acceptors (Lipinski definition) is 7. The fourth-order valence-corrected chi connectivity index (χ4v) is 2.69. The van der Waals surface area contributed by atoms with Crippen molar-refractivity contribution >= 4 is 50.9 Å². The zero-order chi connectivity index (χ0) is 18.9. The lowest BCUT2D eigenvalue weighted by molar-refractivity contribution is 0.144. The smallest absolute Gasteiger partial charge is 0.407 e. The Hall–Kier alpha value is -2.26. The maximum Gasteiger partial charge on any atom is 0.407 e. The monoisotopic (exact) mass is 442 g/mol. The van der Waals surface area contributed by atoms with Gasteiger partial charge in [0.2, 0.25) is 5.28 Å². The first-order valence-corrected chi connectivity index (χ1v) is 9.10. The van der Waals surface area contributed by atoms with Crippen LogP contribution in [0.4, 0.5) is 22.1 Å². The first-order chi connectivity index (χ1) is 12.5. The third-order valence-electron chi connectivity index (χ3n) is 3.37. The summed E-state index contributed by atoms with van der Waals surface area (Å²) >= 11 is 9.12. The average molecular weight is 444 g/mol. The van der Waals surface area contributed by atoms with Crippen molar-refractivity contribution in [1.29, 1.82) is 0 Å². The number of nitrogens with one attached hydrogen (secondary N) is 2. The van der Waals surface area contributed by atoms with Gasteiger partial charge in [0.05, 0.1) is 6.61 Å². The van der Waals surface area contributed by atoms with Crippen molar-refractivity contribution < 1.29 is 9.53 Å². The van der Waals surface area contributed by atoms with Crippen LogP contribution in [0, 0.1) is 0 Å². The quantitative estimate of drug-likeness (QED) is 0.364. The van der Waals surface area contributed by atoms with E-state index in [1.54, 1.807) is 0 Å². The van der Waals surface area contributed by atoms with Crippen LogP contribution in [0.15, 0.2) is 28.7 Å². The normalized spacial score (nSPS) is 10.4. The number of carbonyl (C=O) groups is 1. The summed E-state index contributed by atoms with van der Waals surface area (Å²) in [5, 5.41) is 5.77. The minimum atomic E-state index is -0.447. The summed E-state index contributed by atoms with van der Waals surface area (Å²) < 4.78 is 6.09. The van der Waals surface area contributed by atoms with Crippen molar-refractivity contribution in [3.8, 4) is 0 Å². The Morgan fingerprint density at radius 3 is 2.85 bits per heavy atom. The molecule has 1 aromatic heterocycles. The van der Waals surface area contributed by atoms with Crippen molar-refractivity contribution in [2.45, 2.75) is 19.4 Å². The molecule has 0 unspecified atom stereocenters. The lowest BCUT2D eigenvalue weighted by Crippen LogP contribution is -2.24. The fourth-order valence-electron chi connectivity index (χ4n) is 2.06. The molecule has 0 aliphatic heterocycles. The SMILES string of the molecule is Nc1nc(Cl)nc(NCCCCOC(=O)NCc2cccc(Br)c2)c1N. The summed E-state index contributed by atoms with van der Waals surface area (Å²) in [5.74, 6) is 0.535. The van der Waals surface area contributed by atoms with Crippen molar-refractivity contribution in [1.82, 2.24) is 15.3 Å². The average Bonchev–Trinajstić information content (AvgIpc) is 2.60. The maximum absolute atomic E-state index is 11.7. The molecule has 0 aliphatic rings. The van der Waals surface area contributed by atoms with Gasteiger partial charge in [-0.1, -0.05) is 28.1 Å². The molecule has 8 nitrogen and oxygen atoms in total. The van der Waals surface area contributed by atoms with Gasteiger partial charge in [0.1, 0.15) is 5.69 Å². The molecule has 0 aliphatic carbocycles. The molecule has 26 heavy (non-hydrogen) atoms. The molecule has 0 atom stereocenters. The van der Waals surface area contributed by atoms with Crippen LogP contribution >= 0.6 is 27.5 Å². The molecule has 2 aromatic rings. The summed E-state index contributed by atoms with van der Waals surface area (Å²) in [6, 6.07) is 7.69. The third kappa shape index (κ3) is 6.57. The predicted octanol–water partition coefficient (Wildman–Crippen LogP) is 3.18. The topological polar surface area (TPSA) is 128 Å². The summed E-state index contributed by atoms with van der Waals surface area (Å²) in [7, 11) is 0. The summed E-state index contributed by atoms with van der Waals surface area (Å²) in [6.45, 7) is 1.31. The van der Waals surface area contributed by atoms with Crippen LogP contribution in [0.3, 0.4) is 0 Å². The van der Waals surface area contributed by atoms with Gasteiger partial charge in [-0.05, 0) is 42.1 Å². The summed E-state index contributed by atoms with van der Waals surface area (Å²) in [6.07, 6.45) is 0.989. The number of halogens is 2. The van der Waals surface area contributed by atoms with Crippen LogP contribution in [-0.4, -0.2) is 29.2 Å². The molecule has 1 heterocycles. The van der Waals surface area contributed by atoms with E-state index in [4.69, 9.17) is 27.8 Å². The van der Waals surface area contributed by atoms with Gasteiger partial charge < -0.3 is 26.8 Å². The van der Waals surface area contributed by atoms with Crippen LogP contribution in [0.1, 0.15) is 18.4 Å². The molecule has 6 N–H and O–H groups in total. The Bertz CT molecular complexity index is 762. The first-order valence-electron chi connectivity index (χ1n) is 7.93. The van der Waals surface area contributed by atoms with E-state index in [0.29, 0.717) is 31.9 Å². The standard InChI is InChI=1S/C16H20BrClN6O2/c17-11-5-3-4-10(8-11)9-22-16(25)26-7-2-1-6-21-14-12(19)13(20)23-15(18)24-14/h3-5,8H,1-2,6-7,9,19H2,(H,22,25)(H3,20,21,23,24). The van der Waals surface area contributed by atoms with E-state index >= 15 is 0 Å². The van der Waals surface area contributed by atoms with Gasteiger partial charge in [-0.2, -0.15) is 9.97 Å². The third-order valence-corrected chi connectivity index (χ3v) is 4.03. The van der Waals surface area contributed by atoms with E-state index in [1.807, 2.05) is 24.3 Å². The number of hydrogen-bond donors (Lipinski definition) is 4. The van der Waals surface area contributed by atoms with Crippen LogP contribution < -0.4 is 22.1 Å². The van der Waals surface area contributed by atoms with Crippen LogP contribution in [0.5, 0.6) is 0 Å². The van der Waals surface area contributed by atoms with Crippen molar-refractivity contribution in [2.24, 2.45) is 0 Å². The second-order valence-corrected chi connectivity index (χ2v) is 6.65. The van der Waals surface area contributed by atoms with Gasteiger partial charge >= 0.3 is 6.09 Å². The number of anilines is 3. The lowest BCUT2D eigenvalue weighted by Gasteiger charge is -2.10. The number of carbonyl (C=O) groups excluding carboxylic acids is 1. The van der Waals surface area contributed by atoms with Gasteiger partial charge in [0.15, 0.2) is 11.6 Å². The lowest BCUT2D eigenvalue weighted by atomic mass is 10.2. The zero-order valence-electron chi connectivity index (χ0n) is 14.0. The molecule has 0 spiro atoms. The Labute approximate surface area is 164 Å². The number of nitrogens with zero attached hydrogens (tertiary/aromatic N) is 2. The van der Waals surface area contributed by atoms with E-state index in [1.165, 1.54) is 0 Å². The Balaban J connectivity index is 1.60.